The second-order valence-corrected chi connectivity index (χ2v) is 11.0. The van der Waals surface area contributed by atoms with Crippen molar-refractivity contribution in [2.45, 2.75) is 78.6 Å². The maximum atomic E-state index is 4.86. The smallest absolute Gasteiger partial charge is 0.155 e. The molecule has 1 N–H and O–H groups in total. The molecule has 1 saturated carbocycles. The highest BCUT2D eigenvalue weighted by Crippen LogP contribution is 2.29. The summed E-state index contributed by atoms with van der Waals surface area (Å²) in [6.07, 6.45) is 29.7. The summed E-state index contributed by atoms with van der Waals surface area (Å²) >= 11 is 0. The van der Waals surface area contributed by atoms with Gasteiger partial charge in [-0.2, -0.15) is 5.10 Å². The molecular formula is C36H46N6. The normalized spacial score (nSPS) is 16.0. The van der Waals surface area contributed by atoms with Gasteiger partial charge in [-0.15, -0.1) is 0 Å². The first-order chi connectivity index (χ1) is 20.6. The molecule has 6 heteroatoms. The van der Waals surface area contributed by atoms with Gasteiger partial charge in [-0.25, -0.2) is 9.50 Å². The number of amidine groups is 1. The Kier molecular flexibility index (Phi) is 12.1. The molecule has 4 rings (SSSR count). The topological polar surface area (TPSA) is 67.5 Å². The summed E-state index contributed by atoms with van der Waals surface area (Å²) in [5.41, 5.74) is 7.31. The zero-order valence-electron chi connectivity index (χ0n) is 25.6. The fraction of sp³-hybridized carbons (Fsp3) is 0.389. The van der Waals surface area contributed by atoms with Crippen molar-refractivity contribution in [3.63, 3.8) is 0 Å². The van der Waals surface area contributed by atoms with Crippen LogP contribution in [-0.4, -0.2) is 32.0 Å². The molecule has 0 bridgehead atoms. The SMILES string of the molecule is C=C(/C=C/c1ccn2ncnc2c1)NC(=NC/C=C\C)c1ccc(/C(=C/C=C(\CC)CC2CCCCCC2)CC)nc1. The number of aromatic nitrogens is 4. The third-order valence-corrected chi connectivity index (χ3v) is 7.90. The molecular weight excluding hydrogens is 516 g/mol. The van der Waals surface area contributed by atoms with Crippen molar-refractivity contribution in [2.24, 2.45) is 10.9 Å². The van der Waals surface area contributed by atoms with Crippen molar-refractivity contribution >= 4 is 23.1 Å². The van der Waals surface area contributed by atoms with Gasteiger partial charge in [0.1, 0.15) is 12.2 Å². The van der Waals surface area contributed by atoms with Crippen molar-refractivity contribution in [2.75, 3.05) is 6.54 Å². The predicted octanol–water partition coefficient (Wildman–Crippen LogP) is 8.75. The van der Waals surface area contributed by atoms with Crippen molar-refractivity contribution in [3.05, 3.63) is 108 Å². The first-order valence-electron chi connectivity index (χ1n) is 15.5. The van der Waals surface area contributed by atoms with E-state index in [1.165, 1.54) is 50.5 Å². The Morgan fingerprint density at radius 1 is 1.07 bits per heavy atom. The zero-order valence-corrected chi connectivity index (χ0v) is 25.6. The van der Waals surface area contributed by atoms with Crippen LogP contribution in [0.2, 0.25) is 0 Å². The van der Waals surface area contributed by atoms with Gasteiger partial charge in [0.25, 0.3) is 0 Å². The zero-order chi connectivity index (χ0) is 29.6. The van der Waals surface area contributed by atoms with E-state index in [2.05, 4.69) is 60.1 Å². The Bertz CT molecular complexity index is 1440. The summed E-state index contributed by atoms with van der Waals surface area (Å²) in [6, 6.07) is 8.17. The molecule has 0 atom stereocenters. The summed E-state index contributed by atoms with van der Waals surface area (Å²) in [7, 11) is 0. The highest BCUT2D eigenvalue weighted by molar-refractivity contribution is 6.00. The van der Waals surface area contributed by atoms with Crippen molar-refractivity contribution in [3.8, 4) is 0 Å². The average molecular weight is 563 g/mol. The first kappa shape index (κ1) is 30.9. The van der Waals surface area contributed by atoms with Gasteiger partial charge in [0.2, 0.25) is 0 Å². The second-order valence-electron chi connectivity index (χ2n) is 11.0. The highest BCUT2D eigenvalue weighted by Gasteiger charge is 2.13. The van der Waals surface area contributed by atoms with Gasteiger partial charge < -0.3 is 5.32 Å². The van der Waals surface area contributed by atoms with Crippen LogP contribution in [0.5, 0.6) is 0 Å². The molecule has 0 amide bonds. The Labute approximate surface area is 251 Å². The summed E-state index contributed by atoms with van der Waals surface area (Å²) in [5, 5.41) is 7.54. The number of allylic oxidation sites excluding steroid dienone is 6. The van der Waals surface area contributed by atoms with E-state index in [0.29, 0.717) is 6.54 Å². The van der Waals surface area contributed by atoms with Crippen LogP contribution in [0.15, 0.2) is 96.2 Å². The van der Waals surface area contributed by atoms with Crippen LogP contribution < -0.4 is 5.32 Å². The minimum atomic E-state index is 0.576. The van der Waals surface area contributed by atoms with Crippen LogP contribution in [0.25, 0.3) is 17.3 Å². The summed E-state index contributed by atoms with van der Waals surface area (Å²) in [4.78, 5) is 13.9. The fourth-order valence-electron chi connectivity index (χ4n) is 5.37. The molecule has 3 aromatic rings. The molecule has 1 aliphatic carbocycles. The van der Waals surface area contributed by atoms with Crippen LogP contribution in [0.4, 0.5) is 0 Å². The minimum Gasteiger partial charge on any atom is -0.341 e. The van der Waals surface area contributed by atoms with Crippen LogP contribution in [0, 0.1) is 5.92 Å². The Hall–Kier alpha value is -4.06. The van der Waals surface area contributed by atoms with E-state index in [1.807, 2.05) is 55.8 Å². The third-order valence-electron chi connectivity index (χ3n) is 7.90. The molecule has 220 valence electrons. The lowest BCUT2D eigenvalue weighted by molar-refractivity contribution is 0.452. The average Bonchev–Trinajstić information content (AvgIpc) is 3.34. The Morgan fingerprint density at radius 3 is 2.62 bits per heavy atom. The fourth-order valence-corrected chi connectivity index (χ4v) is 5.37. The molecule has 0 radical (unpaired) electrons. The second kappa shape index (κ2) is 16.4. The molecule has 1 fully saturated rings. The van der Waals surface area contributed by atoms with Crippen LogP contribution in [0.3, 0.4) is 0 Å². The van der Waals surface area contributed by atoms with Gasteiger partial charge in [-0.05, 0) is 73.6 Å². The maximum absolute atomic E-state index is 4.86. The molecule has 1 aliphatic rings. The van der Waals surface area contributed by atoms with Gasteiger partial charge in [-0.1, -0.05) is 94.9 Å². The molecule has 6 nitrogen and oxygen atoms in total. The van der Waals surface area contributed by atoms with Gasteiger partial charge in [0.15, 0.2) is 5.65 Å². The van der Waals surface area contributed by atoms with Crippen molar-refractivity contribution in [1.82, 2.24) is 24.9 Å². The molecule has 0 aliphatic heterocycles. The lowest BCUT2D eigenvalue weighted by Crippen LogP contribution is -2.23. The highest BCUT2D eigenvalue weighted by atomic mass is 15.3. The van der Waals surface area contributed by atoms with Crippen LogP contribution in [-0.2, 0) is 0 Å². The standard InChI is InChI=1S/C36H46N6/c1-5-8-22-37-36(41-28(4)15-16-31-21-23-42-35(25-31)39-27-40-42)33-19-20-34(38-26-33)32(7-3)18-17-29(6-2)24-30-13-11-9-10-12-14-30/h5,8,15-21,23,25-27,30H,4,6-7,9-14,22,24H2,1-3H3,(H,37,41)/b8-5-,16-15+,29-17+,32-18+. The number of pyridine rings is 2. The van der Waals surface area contributed by atoms with E-state index in [9.17, 15) is 0 Å². The van der Waals surface area contributed by atoms with E-state index in [-0.39, 0.29) is 0 Å². The molecule has 3 heterocycles. The van der Waals surface area contributed by atoms with Gasteiger partial charge in [-0.3, -0.25) is 9.98 Å². The molecule has 42 heavy (non-hydrogen) atoms. The number of nitrogens with zero attached hydrogens (tertiary/aromatic N) is 5. The van der Waals surface area contributed by atoms with Crippen LogP contribution >= 0.6 is 0 Å². The van der Waals surface area contributed by atoms with Gasteiger partial charge in [0.05, 0.1) is 12.2 Å². The van der Waals surface area contributed by atoms with Gasteiger partial charge >= 0.3 is 0 Å². The van der Waals surface area contributed by atoms with Crippen molar-refractivity contribution < 1.29 is 0 Å². The Balaban J connectivity index is 1.46. The summed E-state index contributed by atoms with van der Waals surface area (Å²) < 4.78 is 1.74. The largest absolute Gasteiger partial charge is 0.341 e. The maximum Gasteiger partial charge on any atom is 0.155 e. The van der Waals surface area contributed by atoms with Gasteiger partial charge in [0, 0.05) is 23.7 Å². The number of rotatable bonds is 12. The van der Waals surface area contributed by atoms with E-state index in [0.717, 1.165) is 52.8 Å². The quantitative estimate of drug-likeness (QED) is 0.0788. The number of hydrogen-bond donors (Lipinski definition) is 1. The number of fused-ring (bicyclic) bond motifs is 1. The number of hydrogen-bond acceptors (Lipinski definition) is 4. The Morgan fingerprint density at radius 2 is 1.90 bits per heavy atom. The van der Waals surface area contributed by atoms with E-state index in [4.69, 9.17) is 9.98 Å². The lowest BCUT2D eigenvalue weighted by atomic mass is 9.91. The predicted molar refractivity (Wildman–Crippen MR) is 177 cm³/mol. The molecule has 0 saturated heterocycles. The van der Waals surface area contributed by atoms with Crippen LogP contribution in [0.1, 0.15) is 95.4 Å². The number of nitrogens with one attached hydrogen (secondary N) is 1. The number of aliphatic imine (C=N–C) groups is 1. The molecule has 0 unspecified atom stereocenters. The molecule has 0 spiro atoms. The molecule has 0 aromatic carbocycles. The van der Waals surface area contributed by atoms with E-state index in [1.54, 1.807) is 16.4 Å². The minimum absolute atomic E-state index is 0.576. The van der Waals surface area contributed by atoms with E-state index < -0.39 is 0 Å². The molecule has 3 aromatic heterocycles. The van der Waals surface area contributed by atoms with E-state index >= 15 is 0 Å². The lowest BCUT2D eigenvalue weighted by Gasteiger charge is -2.15. The third kappa shape index (κ3) is 9.23. The monoisotopic (exact) mass is 562 g/mol. The summed E-state index contributed by atoms with van der Waals surface area (Å²) in [6.45, 7) is 11.3. The van der Waals surface area contributed by atoms with Crippen molar-refractivity contribution in [1.29, 1.82) is 0 Å². The summed E-state index contributed by atoms with van der Waals surface area (Å²) in [5.74, 6) is 1.60. The first-order valence-corrected chi connectivity index (χ1v) is 15.5.